The van der Waals surface area contributed by atoms with Gasteiger partial charge in [-0.25, -0.2) is 0 Å². The third-order valence-electron chi connectivity index (χ3n) is 8.04. The zero-order valence-electron chi connectivity index (χ0n) is 30.6. The zero-order chi connectivity index (χ0) is 35.7. The monoisotopic (exact) mass is 676 g/mol. The summed E-state index contributed by atoms with van der Waals surface area (Å²) in [5.41, 5.74) is 4.99. The summed E-state index contributed by atoms with van der Waals surface area (Å²) in [7, 11) is 0. The number of rotatable bonds is 12. The molecule has 4 aromatic heterocycles. The van der Waals surface area contributed by atoms with E-state index in [-0.39, 0.29) is 18.3 Å². The second-order valence-electron chi connectivity index (χ2n) is 11.4. The summed E-state index contributed by atoms with van der Waals surface area (Å²) >= 11 is 0. The smallest absolute Gasteiger partial charge is 0.141 e. The van der Waals surface area contributed by atoms with Crippen molar-refractivity contribution in [1.29, 1.82) is 0 Å². The summed E-state index contributed by atoms with van der Waals surface area (Å²) in [5.74, 6) is 0.670. The first-order valence-electron chi connectivity index (χ1n) is 18.3. The summed E-state index contributed by atoms with van der Waals surface area (Å²) in [5, 5.41) is 0. The van der Waals surface area contributed by atoms with E-state index in [4.69, 9.17) is 14.2 Å². The van der Waals surface area contributed by atoms with Gasteiger partial charge in [-0.1, -0.05) is 87.7 Å². The number of benzene rings is 1. The van der Waals surface area contributed by atoms with Gasteiger partial charge in [0.25, 0.3) is 0 Å². The molecule has 1 aliphatic rings. The highest BCUT2D eigenvalue weighted by molar-refractivity contribution is 5.25. The average Bonchev–Trinajstić information content (AvgIpc) is 3.21. The Kier molecular flexibility index (Phi) is 19.9. The molecule has 0 radical (unpaired) electrons. The standard InChI is InChI=1S/C14H21NO.C14H15NO.C13H14N2O.C2H6/c2*1-2-16-14(12-8-4-3-5-9-12)13-10-6-7-11-15-13;1-2-16-13(11-7-3-5-9-14-11)12-8-4-6-10-15-12;1-2/h6-7,10-12,14H,2-5,8-9H2,1H3;3-11,14H,2H2,1H3;3-10,13H,2H2,1H3;1-2H3. The number of aromatic nitrogens is 4. The van der Waals surface area contributed by atoms with Gasteiger partial charge in [0.15, 0.2) is 0 Å². The minimum atomic E-state index is -0.174. The van der Waals surface area contributed by atoms with Crippen LogP contribution >= 0.6 is 0 Å². The molecule has 0 amide bonds. The van der Waals surface area contributed by atoms with E-state index in [0.717, 1.165) is 34.9 Å². The molecular formula is C43H56N4O3. The van der Waals surface area contributed by atoms with E-state index in [1.165, 1.54) is 32.1 Å². The van der Waals surface area contributed by atoms with Gasteiger partial charge in [-0.3, -0.25) is 19.9 Å². The molecule has 0 aliphatic heterocycles. The van der Waals surface area contributed by atoms with Crippen molar-refractivity contribution in [2.75, 3.05) is 19.8 Å². The topological polar surface area (TPSA) is 79.2 Å². The van der Waals surface area contributed by atoms with Gasteiger partial charge in [0.1, 0.15) is 18.3 Å². The van der Waals surface area contributed by atoms with Crippen molar-refractivity contribution >= 4 is 0 Å². The van der Waals surface area contributed by atoms with E-state index in [2.05, 4.69) is 51.1 Å². The molecular weight excluding hydrogens is 620 g/mol. The molecule has 0 spiro atoms. The van der Waals surface area contributed by atoms with Gasteiger partial charge in [-0.05, 0) is 93.6 Å². The third kappa shape index (κ3) is 13.5. The molecule has 0 N–H and O–H groups in total. The molecule has 5 aromatic rings. The molecule has 1 aromatic carbocycles. The van der Waals surface area contributed by atoms with E-state index >= 15 is 0 Å². The minimum absolute atomic E-state index is 0.0626. The number of pyridine rings is 4. The first kappa shape index (κ1) is 40.1. The lowest BCUT2D eigenvalue weighted by molar-refractivity contribution is 0.00285. The molecule has 6 rings (SSSR count). The van der Waals surface area contributed by atoms with Crippen molar-refractivity contribution in [2.24, 2.45) is 5.92 Å². The minimum Gasteiger partial charge on any atom is -0.372 e. The van der Waals surface area contributed by atoms with E-state index in [1.807, 2.05) is 113 Å². The molecule has 2 atom stereocenters. The summed E-state index contributed by atoms with van der Waals surface area (Å²) in [6, 6.07) is 33.8. The molecule has 7 nitrogen and oxygen atoms in total. The molecule has 0 saturated heterocycles. The first-order chi connectivity index (χ1) is 24.7. The summed E-state index contributed by atoms with van der Waals surface area (Å²) in [6.07, 6.45) is 13.8. The Morgan fingerprint density at radius 3 is 1.30 bits per heavy atom. The Hall–Kier alpha value is -4.30. The number of nitrogens with zero attached hydrogens (tertiary/aromatic N) is 4. The van der Waals surface area contributed by atoms with Crippen LogP contribution in [0.1, 0.15) is 113 Å². The Labute approximate surface area is 300 Å². The Balaban J connectivity index is 0.000000198. The quantitative estimate of drug-likeness (QED) is 0.130. The van der Waals surface area contributed by atoms with Crippen LogP contribution in [0, 0.1) is 5.92 Å². The van der Waals surface area contributed by atoms with Crippen LogP contribution in [0.2, 0.25) is 0 Å². The fraction of sp³-hybridized carbons (Fsp3) is 0.395. The van der Waals surface area contributed by atoms with Gasteiger partial charge >= 0.3 is 0 Å². The van der Waals surface area contributed by atoms with Crippen molar-refractivity contribution in [3.63, 3.8) is 0 Å². The summed E-state index contributed by atoms with van der Waals surface area (Å²) < 4.78 is 17.3. The molecule has 7 heteroatoms. The molecule has 2 unspecified atom stereocenters. The lowest BCUT2D eigenvalue weighted by Crippen LogP contribution is -2.20. The number of ether oxygens (including phenoxy) is 3. The Morgan fingerprint density at radius 1 is 0.480 bits per heavy atom. The lowest BCUT2D eigenvalue weighted by atomic mass is 9.84. The second-order valence-corrected chi connectivity index (χ2v) is 11.4. The van der Waals surface area contributed by atoms with Gasteiger partial charge in [0, 0.05) is 44.6 Å². The Bertz CT molecular complexity index is 1330. The maximum atomic E-state index is 5.90. The highest BCUT2D eigenvalue weighted by Gasteiger charge is 2.26. The highest BCUT2D eigenvalue weighted by Crippen LogP contribution is 2.36. The fourth-order valence-electron chi connectivity index (χ4n) is 5.85. The maximum Gasteiger partial charge on any atom is 0.141 e. The number of hydrogen-bond donors (Lipinski definition) is 0. The third-order valence-corrected chi connectivity index (χ3v) is 8.04. The van der Waals surface area contributed by atoms with Crippen molar-refractivity contribution < 1.29 is 14.2 Å². The normalized spacial score (nSPS) is 13.7. The fourth-order valence-corrected chi connectivity index (χ4v) is 5.85. The molecule has 50 heavy (non-hydrogen) atoms. The van der Waals surface area contributed by atoms with Crippen LogP contribution < -0.4 is 0 Å². The SMILES string of the molecule is CC.CCOC(c1ccccc1)c1ccccn1.CCOC(c1ccccn1)C1CCCCC1.CCOC(c1ccccn1)c1ccccn1. The predicted molar refractivity (Wildman–Crippen MR) is 203 cm³/mol. The molecule has 266 valence electrons. The van der Waals surface area contributed by atoms with E-state index in [1.54, 1.807) is 18.6 Å². The first-order valence-corrected chi connectivity index (χ1v) is 18.3. The number of hydrogen-bond acceptors (Lipinski definition) is 7. The van der Waals surface area contributed by atoms with E-state index in [0.29, 0.717) is 19.1 Å². The molecule has 0 bridgehead atoms. The molecule has 1 aliphatic carbocycles. The second kappa shape index (κ2) is 24.8. The largest absolute Gasteiger partial charge is 0.372 e. The average molecular weight is 677 g/mol. The maximum absolute atomic E-state index is 5.90. The van der Waals surface area contributed by atoms with Crippen LogP contribution in [0.5, 0.6) is 0 Å². The van der Waals surface area contributed by atoms with E-state index in [9.17, 15) is 0 Å². The molecule has 4 heterocycles. The van der Waals surface area contributed by atoms with Crippen LogP contribution in [0.15, 0.2) is 128 Å². The van der Waals surface area contributed by atoms with Gasteiger partial charge in [-0.15, -0.1) is 0 Å². The van der Waals surface area contributed by atoms with Crippen LogP contribution in [-0.4, -0.2) is 39.8 Å². The zero-order valence-corrected chi connectivity index (χ0v) is 30.6. The van der Waals surface area contributed by atoms with Gasteiger partial charge in [0.05, 0.1) is 22.8 Å². The van der Waals surface area contributed by atoms with Gasteiger partial charge in [0.2, 0.25) is 0 Å². The van der Waals surface area contributed by atoms with Gasteiger partial charge in [-0.2, -0.15) is 0 Å². The summed E-state index contributed by atoms with van der Waals surface area (Å²) in [4.78, 5) is 17.4. The highest BCUT2D eigenvalue weighted by atomic mass is 16.5. The van der Waals surface area contributed by atoms with Crippen molar-refractivity contribution in [1.82, 2.24) is 19.9 Å². The van der Waals surface area contributed by atoms with Crippen molar-refractivity contribution in [3.05, 3.63) is 156 Å². The predicted octanol–water partition coefficient (Wildman–Crippen LogP) is 10.6. The van der Waals surface area contributed by atoms with Crippen molar-refractivity contribution in [3.8, 4) is 0 Å². The molecule has 1 saturated carbocycles. The van der Waals surface area contributed by atoms with E-state index < -0.39 is 0 Å². The summed E-state index contributed by atoms with van der Waals surface area (Å²) in [6.45, 7) is 12.1. The lowest BCUT2D eigenvalue weighted by Gasteiger charge is -2.29. The molecule has 1 fully saturated rings. The van der Waals surface area contributed by atoms with Crippen molar-refractivity contribution in [2.45, 2.75) is 85.0 Å². The van der Waals surface area contributed by atoms with Crippen LogP contribution in [0.25, 0.3) is 0 Å². The van der Waals surface area contributed by atoms with Gasteiger partial charge < -0.3 is 14.2 Å². The van der Waals surface area contributed by atoms with Crippen LogP contribution in [0.4, 0.5) is 0 Å². The van der Waals surface area contributed by atoms with Crippen LogP contribution in [0.3, 0.4) is 0 Å². The van der Waals surface area contributed by atoms with Crippen LogP contribution in [-0.2, 0) is 14.2 Å². The Morgan fingerprint density at radius 2 is 0.880 bits per heavy atom.